The lowest BCUT2D eigenvalue weighted by molar-refractivity contribution is -0.143. The van der Waals surface area contributed by atoms with Crippen molar-refractivity contribution in [1.82, 2.24) is 0 Å². The Balaban J connectivity index is 3.54. The van der Waals surface area contributed by atoms with E-state index in [0.717, 1.165) is 38.0 Å². The molecule has 4 heteroatoms. The zero-order valence-corrected chi connectivity index (χ0v) is 26.0. The predicted molar refractivity (Wildman–Crippen MR) is 166 cm³/mol. The molecule has 0 saturated heterocycles. The average Bonchev–Trinajstić information content (AvgIpc) is 2.90. The molecule has 0 heterocycles. The van der Waals surface area contributed by atoms with Crippen molar-refractivity contribution >= 4 is 23.3 Å². The standard InChI is InChI=1S/C33H63NO2S/c1-4-7-8-9-10-11-12-13-15-21-26-32(34-30-37)27-22-16-14-17-23-28-33(35)36-29-24-19-18-20-25-31(5-2)6-3/h31-32H,4-29H2,1-3H3. The van der Waals surface area contributed by atoms with Crippen molar-refractivity contribution in [2.45, 2.75) is 187 Å². The van der Waals surface area contributed by atoms with Gasteiger partial charge < -0.3 is 4.74 Å². The van der Waals surface area contributed by atoms with Gasteiger partial charge in [-0.1, -0.05) is 149 Å². The lowest BCUT2D eigenvalue weighted by atomic mass is 9.96. The van der Waals surface area contributed by atoms with Crippen molar-refractivity contribution in [3.05, 3.63) is 0 Å². The molecule has 0 bridgehead atoms. The molecule has 218 valence electrons. The van der Waals surface area contributed by atoms with Crippen molar-refractivity contribution in [3.63, 3.8) is 0 Å². The fourth-order valence-corrected chi connectivity index (χ4v) is 5.39. The highest BCUT2D eigenvalue weighted by atomic mass is 32.1. The van der Waals surface area contributed by atoms with E-state index in [0.29, 0.717) is 19.1 Å². The molecule has 1 atom stereocenters. The number of thiocarbonyl (C=S) groups is 1. The summed E-state index contributed by atoms with van der Waals surface area (Å²) in [6.07, 6.45) is 31.0. The number of aliphatic imine (C=N–C) groups is 1. The maximum absolute atomic E-state index is 11.9. The number of carbonyl (C=O) groups is 1. The van der Waals surface area contributed by atoms with Gasteiger partial charge in [0.2, 0.25) is 0 Å². The van der Waals surface area contributed by atoms with Gasteiger partial charge in [0.15, 0.2) is 0 Å². The zero-order valence-electron chi connectivity index (χ0n) is 25.2. The summed E-state index contributed by atoms with van der Waals surface area (Å²) in [7, 11) is 0. The van der Waals surface area contributed by atoms with Gasteiger partial charge in [-0.25, -0.2) is 4.99 Å². The first kappa shape index (κ1) is 36.3. The van der Waals surface area contributed by atoms with E-state index in [-0.39, 0.29) is 5.97 Å². The molecule has 0 aromatic carbocycles. The second kappa shape index (κ2) is 29.8. The maximum atomic E-state index is 11.9. The van der Waals surface area contributed by atoms with E-state index in [1.54, 1.807) is 0 Å². The van der Waals surface area contributed by atoms with Crippen molar-refractivity contribution in [2.24, 2.45) is 10.9 Å². The number of ether oxygens (including phenoxy) is 1. The van der Waals surface area contributed by atoms with Crippen LogP contribution >= 0.6 is 12.2 Å². The molecule has 0 aliphatic rings. The van der Waals surface area contributed by atoms with Crippen LogP contribution in [0.4, 0.5) is 0 Å². The molecule has 0 N–H and O–H groups in total. The van der Waals surface area contributed by atoms with Gasteiger partial charge in [-0.05, 0) is 43.8 Å². The zero-order chi connectivity index (χ0) is 27.2. The van der Waals surface area contributed by atoms with Gasteiger partial charge in [-0.3, -0.25) is 4.79 Å². The Morgan fingerprint density at radius 1 is 0.649 bits per heavy atom. The molecule has 0 aromatic heterocycles. The van der Waals surface area contributed by atoms with Crippen molar-refractivity contribution < 1.29 is 9.53 Å². The van der Waals surface area contributed by atoms with Gasteiger partial charge in [0.05, 0.1) is 17.8 Å². The summed E-state index contributed by atoms with van der Waals surface area (Å²) in [5.41, 5.74) is 0. The third-order valence-corrected chi connectivity index (χ3v) is 8.07. The van der Waals surface area contributed by atoms with Gasteiger partial charge in [-0.15, -0.1) is 0 Å². The summed E-state index contributed by atoms with van der Waals surface area (Å²) in [5.74, 6) is 0.886. The van der Waals surface area contributed by atoms with Gasteiger partial charge in [0, 0.05) is 6.42 Å². The fraction of sp³-hybridized carbons (Fsp3) is 0.939. The smallest absolute Gasteiger partial charge is 0.305 e. The van der Waals surface area contributed by atoms with Crippen LogP contribution < -0.4 is 0 Å². The van der Waals surface area contributed by atoms with E-state index in [2.05, 4.69) is 30.9 Å². The summed E-state index contributed by atoms with van der Waals surface area (Å²) < 4.78 is 5.42. The van der Waals surface area contributed by atoms with E-state index in [9.17, 15) is 4.79 Å². The summed E-state index contributed by atoms with van der Waals surface area (Å²) in [4.78, 5) is 16.4. The van der Waals surface area contributed by atoms with E-state index in [4.69, 9.17) is 17.0 Å². The van der Waals surface area contributed by atoms with Crippen LogP contribution in [0.2, 0.25) is 0 Å². The third kappa shape index (κ3) is 26.7. The van der Waals surface area contributed by atoms with Gasteiger partial charge >= 0.3 is 5.97 Å². The molecule has 37 heavy (non-hydrogen) atoms. The molecular weight excluding hydrogens is 474 g/mol. The van der Waals surface area contributed by atoms with Gasteiger partial charge in [0.25, 0.3) is 0 Å². The van der Waals surface area contributed by atoms with Crippen LogP contribution in [0.15, 0.2) is 4.99 Å². The summed E-state index contributed by atoms with van der Waals surface area (Å²) >= 11 is 4.88. The molecule has 0 rings (SSSR count). The molecule has 0 fully saturated rings. The van der Waals surface area contributed by atoms with E-state index >= 15 is 0 Å². The van der Waals surface area contributed by atoms with Gasteiger partial charge in [0.1, 0.15) is 0 Å². The van der Waals surface area contributed by atoms with E-state index < -0.39 is 0 Å². The number of isothiocyanates is 1. The molecule has 0 aliphatic carbocycles. The number of hydrogen-bond acceptors (Lipinski definition) is 4. The quantitative estimate of drug-likeness (QED) is 0.0412. The molecule has 0 spiro atoms. The topological polar surface area (TPSA) is 38.7 Å². The summed E-state index contributed by atoms with van der Waals surface area (Å²) in [5, 5.41) is 2.62. The summed E-state index contributed by atoms with van der Waals surface area (Å²) in [6, 6.07) is 0.362. The number of nitrogens with zero attached hydrogens (tertiary/aromatic N) is 1. The Morgan fingerprint density at radius 3 is 1.62 bits per heavy atom. The Labute approximate surface area is 237 Å². The number of unbranched alkanes of at least 4 members (excludes halogenated alkanes) is 16. The minimum atomic E-state index is -0.0103. The van der Waals surface area contributed by atoms with Crippen LogP contribution in [0.25, 0.3) is 0 Å². The van der Waals surface area contributed by atoms with E-state index in [1.807, 2.05) is 0 Å². The molecule has 3 nitrogen and oxygen atoms in total. The Hall–Kier alpha value is -0.730. The van der Waals surface area contributed by atoms with Crippen molar-refractivity contribution in [3.8, 4) is 0 Å². The maximum Gasteiger partial charge on any atom is 0.305 e. The largest absolute Gasteiger partial charge is 0.466 e. The lowest BCUT2D eigenvalue weighted by Crippen LogP contribution is -2.06. The number of rotatable bonds is 29. The molecule has 0 saturated carbocycles. The Kier molecular flexibility index (Phi) is 29.2. The Bertz CT molecular complexity index is 528. The van der Waals surface area contributed by atoms with Crippen LogP contribution in [-0.2, 0) is 9.53 Å². The first-order valence-electron chi connectivity index (χ1n) is 16.4. The fourth-order valence-electron chi connectivity index (χ4n) is 5.24. The highest BCUT2D eigenvalue weighted by molar-refractivity contribution is 7.78. The third-order valence-electron chi connectivity index (χ3n) is 7.97. The molecular formula is C33H63NO2S. The second-order valence-corrected chi connectivity index (χ2v) is 11.4. The highest BCUT2D eigenvalue weighted by Crippen LogP contribution is 2.18. The molecule has 0 aliphatic heterocycles. The molecule has 0 radical (unpaired) electrons. The molecule has 1 unspecified atom stereocenters. The minimum absolute atomic E-state index is 0.0103. The van der Waals surface area contributed by atoms with Crippen LogP contribution in [0, 0.1) is 5.92 Å². The molecule has 0 amide bonds. The number of carbonyl (C=O) groups excluding carboxylic acids is 1. The summed E-state index contributed by atoms with van der Waals surface area (Å²) in [6.45, 7) is 7.47. The second-order valence-electron chi connectivity index (χ2n) is 11.3. The normalized spacial score (nSPS) is 12.0. The van der Waals surface area contributed by atoms with Gasteiger partial charge in [-0.2, -0.15) is 0 Å². The SMILES string of the molecule is CCCCCCCCCCCCC(CCCCCCCC(=O)OCCCCCCC(CC)CC)N=C=S. The lowest BCUT2D eigenvalue weighted by Gasteiger charge is -2.11. The minimum Gasteiger partial charge on any atom is -0.466 e. The van der Waals surface area contributed by atoms with Crippen molar-refractivity contribution in [2.75, 3.05) is 6.61 Å². The van der Waals surface area contributed by atoms with Crippen LogP contribution in [-0.4, -0.2) is 23.8 Å². The van der Waals surface area contributed by atoms with Crippen LogP contribution in [0.5, 0.6) is 0 Å². The number of esters is 1. The van der Waals surface area contributed by atoms with Crippen molar-refractivity contribution in [1.29, 1.82) is 0 Å². The predicted octanol–water partition coefficient (Wildman–Crippen LogP) is 11.4. The van der Waals surface area contributed by atoms with Crippen LogP contribution in [0.3, 0.4) is 0 Å². The number of hydrogen-bond donors (Lipinski definition) is 0. The molecule has 0 aromatic rings. The monoisotopic (exact) mass is 537 g/mol. The highest BCUT2D eigenvalue weighted by Gasteiger charge is 2.07. The Morgan fingerprint density at radius 2 is 1.11 bits per heavy atom. The van der Waals surface area contributed by atoms with Crippen LogP contribution in [0.1, 0.15) is 181 Å². The first-order valence-corrected chi connectivity index (χ1v) is 16.8. The first-order chi connectivity index (χ1) is 18.2. The van der Waals surface area contributed by atoms with E-state index in [1.165, 1.54) is 122 Å². The average molecular weight is 538 g/mol.